The lowest BCUT2D eigenvalue weighted by atomic mass is 10.00. The van der Waals surface area contributed by atoms with Crippen LogP contribution in [-0.4, -0.2) is 58.6 Å². The van der Waals surface area contributed by atoms with Crippen molar-refractivity contribution in [2.75, 3.05) is 25.0 Å². The van der Waals surface area contributed by atoms with Gasteiger partial charge in [0.05, 0.1) is 34.9 Å². The molecule has 0 saturated heterocycles. The highest BCUT2D eigenvalue weighted by molar-refractivity contribution is 6.36. The van der Waals surface area contributed by atoms with Gasteiger partial charge in [-0.1, -0.05) is 41.9 Å². The maximum atomic E-state index is 12.7. The number of benzodiazepines with no additional fused rings is 1. The number of anilines is 1. The van der Waals surface area contributed by atoms with E-state index in [9.17, 15) is 24.5 Å². The Hall–Kier alpha value is -4.70. The fourth-order valence-electron chi connectivity index (χ4n) is 4.15. The van der Waals surface area contributed by atoms with Crippen LogP contribution in [0.1, 0.15) is 31.8 Å². The predicted octanol–water partition coefficient (Wildman–Crippen LogP) is 3.77. The first-order chi connectivity index (χ1) is 17.8. The van der Waals surface area contributed by atoms with E-state index in [1.54, 1.807) is 54.6 Å². The number of nitrogens with zero attached hydrogens (tertiary/aromatic N) is 4. The Bertz CT molecular complexity index is 1510. The zero-order valence-electron chi connectivity index (χ0n) is 19.2. The number of rotatable bonds is 6. The van der Waals surface area contributed by atoms with E-state index in [-0.39, 0.29) is 29.9 Å². The molecule has 0 aromatic heterocycles. The molecule has 11 heteroatoms. The summed E-state index contributed by atoms with van der Waals surface area (Å²) in [5.41, 5.74) is 2.43. The molecule has 2 aliphatic heterocycles. The molecule has 184 valence electrons. The predicted molar refractivity (Wildman–Crippen MR) is 138 cm³/mol. The molecule has 0 radical (unpaired) electrons. The molecule has 3 aromatic rings. The van der Waals surface area contributed by atoms with Gasteiger partial charge in [0.15, 0.2) is 5.78 Å². The van der Waals surface area contributed by atoms with E-state index in [2.05, 4.69) is 15.3 Å². The first-order valence-corrected chi connectivity index (χ1v) is 11.6. The van der Waals surface area contributed by atoms with Gasteiger partial charge in [0.2, 0.25) is 0 Å². The monoisotopic (exact) mass is 515 g/mol. The molecule has 0 aliphatic carbocycles. The van der Waals surface area contributed by atoms with Gasteiger partial charge in [0, 0.05) is 34.0 Å². The van der Waals surface area contributed by atoms with Crippen molar-refractivity contribution in [3.8, 4) is 0 Å². The van der Waals surface area contributed by atoms with Gasteiger partial charge < -0.3 is 5.32 Å². The van der Waals surface area contributed by atoms with Crippen molar-refractivity contribution < 1.29 is 19.3 Å². The van der Waals surface area contributed by atoms with Crippen molar-refractivity contribution in [2.24, 2.45) is 9.98 Å². The summed E-state index contributed by atoms with van der Waals surface area (Å²) in [6.07, 6.45) is 0. The molecule has 37 heavy (non-hydrogen) atoms. The Morgan fingerprint density at radius 3 is 2.30 bits per heavy atom. The Labute approximate surface area is 215 Å². The average Bonchev–Trinajstić information content (AvgIpc) is 3.03. The number of benzene rings is 3. The summed E-state index contributed by atoms with van der Waals surface area (Å²) in [5.74, 6) is -1.13. The summed E-state index contributed by atoms with van der Waals surface area (Å²) in [5, 5.41) is 14.9. The SMILES string of the molecule is O=C(CN=C1CN=C(c2ccccc2Cl)c2cc([N+](=O)[O-])ccc2N1)CN1C(=O)c2ccccc2C1=O. The van der Waals surface area contributed by atoms with Gasteiger partial charge in [-0.2, -0.15) is 0 Å². The van der Waals surface area contributed by atoms with E-state index in [0.717, 1.165) is 4.90 Å². The number of Topliss-reactive ketones (excluding diaryl/α,β-unsaturated/α-hetero) is 1. The molecule has 0 fully saturated rings. The standard InChI is InChI=1S/C26H18ClN5O5/c27-21-8-4-3-7-19(21)24-20-11-15(32(36)37)9-10-22(20)30-23(13-29-24)28-12-16(33)14-31-25(34)17-5-1-2-6-18(17)26(31)35/h1-11H,12-14H2,(H,28,30). The number of aliphatic imine (C=N–C) groups is 2. The van der Waals surface area contributed by atoms with Gasteiger partial charge in [0.25, 0.3) is 17.5 Å². The van der Waals surface area contributed by atoms with Crippen LogP contribution in [0.15, 0.2) is 76.7 Å². The summed E-state index contributed by atoms with van der Waals surface area (Å²) < 4.78 is 0. The largest absolute Gasteiger partial charge is 0.342 e. The summed E-state index contributed by atoms with van der Waals surface area (Å²) in [4.78, 5) is 58.4. The van der Waals surface area contributed by atoms with Crippen molar-refractivity contribution >= 4 is 52.1 Å². The number of amidine groups is 1. The number of non-ortho nitro benzene ring substituents is 1. The molecule has 2 heterocycles. The topological polar surface area (TPSA) is 134 Å². The third-order valence-electron chi connectivity index (χ3n) is 5.92. The van der Waals surface area contributed by atoms with Gasteiger partial charge in [-0.3, -0.25) is 39.4 Å². The van der Waals surface area contributed by atoms with Crippen molar-refractivity contribution in [1.29, 1.82) is 0 Å². The number of nitro benzene ring substituents is 1. The summed E-state index contributed by atoms with van der Waals surface area (Å²) in [7, 11) is 0. The quantitative estimate of drug-likeness (QED) is 0.301. The molecule has 2 amide bonds. The molecule has 3 aromatic carbocycles. The van der Waals surface area contributed by atoms with Gasteiger partial charge in [-0.05, 0) is 24.3 Å². The molecule has 1 N–H and O–H groups in total. The average molecular weight is 516 g/mol. The van der Waals surface area contributed by atoms with Crippen LogP contribution in [-0.2, 0) is 4.79 Å². The Morgan fingerprint density at radius 2 is 1.65 bits per heavy atom. The molecular weight excluding hydrogens is 498 g/mol. The third kappa shape index (κ3) is 4.62. The van der Waals surface area contributed by atoms with E-state index >= 15 is 0 Å². The van der Waals surface area contributed by atoms with Gasteiger partial charge in [-0.15, -0.1) is 0 Å². The number of ketones is 1. The van der Waals surface area contributed by atoms with E-state index in [4.69, 9.17) is 11.6 Å². The maximum absolute atomic E-state index is 12.7. The number of fused-ring (bicyclic) bond motifs is 2. The van der Waals surface area contributed by atoms with Gasteiger partial charge >= 0.3 is 0 Å². The van der Waals surface area contributed by atoms with Crippen LogP contribution in [0.2, 0.25) is 5.02 Å². The van der Waals surface area contributed by atoms with Crippen LogP contribution in [0, 0.1) is 10.1 Å². The van der Waals surface area contributed by atoms with Crippen LogP contribution in [0.4, 0.5) is 11.4 Å². The molecule has 0 spiro atoms. The lowest BCUT2D eigenvalue weighted by Gasteiger charge is -2.13. The number of halogens is 1. The molecule has 0 atom stereocenters. The van der Waals surface area contributed by atoms with Crippen LogP contribution >= 0.6 is 11.6 Å². The number of imide groups is 1. The zero-order valence-corrected chi connectivity index (χ0v) is 19.9. The highest BCUT2D eigenvalue weighted by Crippen LogP contribution is 2.29. The van der Waals surface area contributed by atoms with Crippen molar-refractivity contribution in [3.05, 3.63) is 104 Å². The summed E-state index contributed by atoms with van der Waals surface area (Å²) in [6.45, 7) is -0.654. The highest BCUT2D eigenvalue weighted by atomic mass is 35.5. The number of nitro groups is 1. The Balaban J connectivity index is 1.39. The van der Waals surface area contributed by atoms with Crippen molar-refractivity contribution in [1.82, 2.24) is 4.90 Å². The molecule has 10 nitrogen and oxygen atoms in total. The minimum Gasteiger partial charge on any atom is -0.342 e. The van der Waals surface area contributed by atoms with Crippen molar-refractivity contribution in [2.45, 2.75) is 0 Å². The van der Waals surface area contributed by atoms with Gasteiger partial charge in [0.1, 0.15) is 12.4 Å². The number of amides is 2. The molecule has 0 unspecified atom stereocenters. The molecule has 0 saturated carbocycles. The second-order valence-corrected chi connectivity index (χ2v) is 8.71. The van der Waals surface area contributed by atoms with Crippen LogP contribution in [0.3, 0.4) is 0 Å². The number of carbonyl (C=O) groups is 3. The maximum Gasteiger partial charge on any atom is 0.270 e. The van der Waals surface area contributed by atoms with E-state index in [0.29, 0.717) is 33.4 Å². The fraction of sp³-hybridized carbons (Fsp3) is 0.115. The molecular formula is C26H18ClN5O5. The number of hydrogen-bond acceptors (Lipinski definition) is 7. The van der Waals surface area contributed by atoms with Gasteiger partial charge in [-0.25, -0.2) is 0 Å². The zero-order chi connectivity index (χ0) is 26.1. The molecule has 5 rings (SSSR count). The van der Waals surface area contributed by atoms with Crippen LogP contribution in [0.5, 0.6) is 0 Å². The van der Waals surface area contributed by atoms with E-state index in [1.165, 1.54) is 12.1 Å². The first kappa shape index (κ1) is 24.0. The van der Waals surface area contributed by atoms with Crippen LogP contribution < -0.4 is 5.32 Å². The second-order valence-electron chi connectivity index (χ2n) is 8.30. The van der Waals surface area contributed by atoms with E-state index < -0.39 is 29.1 Å². The smallest absolute Gasteiger partial charge is 0.270 e. The number of carbonyl (C=O) groups excluding carboxylic acids is 3. The van der Waals surface area contributed by atoms with Crippen molar-refractivity contribution in [3.63, 3.8) is 0 Å². The summed E-state index contributed by atoms with van der Waals surface area (Å²) >= 11 is 6.39. The first-order valence-electron chi connectivity index (χ1n) is 11.2. The normalized spacial score (nSPS) is 15.5. The minimum atomic E-state index is -0.515. The molecule has 0 bridgehead atoms. The summed E-state index contributed by atoms with van der Waals surface area (Å²) in [6, 6.07) is 17.7. The van der Waals surface area contributed by atoms with E-state index in [1.807, 2.05) is 0 Å². The molecule has 2 aliphatic rings. The minimum absolute atomic E-state index is 0.0450. The second kappa shape index (κ2) is 9.75. The third-order valence-corrected chi connectivity index (χ3v) is 6.25. The Morgan fingerprint density at radius 1 is 1.00 bits per heavy atom. The van der Waals surface area contributed by atoms with Crippen LogP contribution in [0.25, 0.3) is 0 Å². The number of hydrogen-bond donors (Lipinski definition) is 1. The number of nitrogens with one attached hydrogen (secondary N) is 1. The highest BCUT2D eigenvalue weighted by Gasteiger charge is 2.36. The lowest BCUT2D eigenvalue weighted by Crippen LogP contribution is -2.36. The Kier molecular flexibility index (Phi) is 6.33. The lowest BCUT2D eigenvalue weighted by molar-refractivity contribution is -0.384. The fourth-order valence-corrected chi connectivity index (χ4v) is 4.38.